The molecule has 1 aliphatic heterocycles. The van der Waals surface area contributed by atoms with Crippen LogP contribution in [0.25, 0.3) is 0 Å². The van der Waals surface area contributed by atoms with E-state index in [1.54, 1.807) is 6.92 Å². The first-order chi connectivity index (χ1) is 7.18. The normalized spacial score (nSPS) is 21.0. The molecule has 0 radical (unpaired) electrons. The average molecular weight is 205 g/mol. The molecule has 0 bridgehead atoms. The molecule has 0 N–H and O–H groups in total. The summed E-state index contributed by atoms with van der Waals surface area (Å²) in [6, 6.07) is 0. The van der Waals surface area contributed by atoms with E-state index in [0.717, 1.165) is 19.3 Å². The molecule has 15 heavy (non-hydrogen) atoms. The van der Waals surface area contributed by atoms with E-state index in [2.05, 4.69) is 6.08 Å². The van der Waals surface area contributed by atoms with Crippen LogP contribution in [0.15, 0.2) is 23.3 Å². The first kappa shape index (κ1) is 10.1. The molecule has 0 saturated heterocycles. The molecule has 3 heteroatoms. The number of carbonyl (C=O) groups is 2. The van der Waals surface area contributed by atoms with Crippen LogP contribution < -0.4 is 0 Å². The third-order valence-corrected chi connectivity index (χ3v) is 2.98. The second kappa shape index (κ2) is 4.01. The van der Waals surface area contributed by atoms with Crippen LogP contribution in [0.3, 0.4) is 0 Å². The highest BCUT2D eigenvalue weighted by Crippen LogP contribution is 2.22. The Morgan fingerprint density at radius 1 is 1.40 bits per heavy atom. The number of amides is 2. The molecular formula is C12H15NO2. The summed E-state index contributed by atoms with van der Waals surface area (Å²) in [5.41, 5.74) is 1.94. The van der Waals surface area contributed by atoms with Gasteiger partial charge in [-0.05, 0) is 32.6 Å². The zero-order chi connectivity index (χ0) is 10.8. The Morgan fingerprint density at radius 3 is 2.73 bits per heavy atom. The fourth-order valence-corrected chi connectivity index (χ4v) is 2.07. The Kier molecular flexibility index (Phi) is 2.71. The minimum absolute atomic E-state index is 0.126. The van der Waals surface area contributed by atoms with E-state index in [9.17, 15) is 9.59 Å². The van der Waals surface area contributed by atoms with Gasteiger partial charge >= 0.3 is 0 Å². The quantitative estimate of drug-likeness (QED) is 0.520. The number of carbonyl (C=O) groups excluding carboxylic acids is 2. The molecule has 0 atom stereocenters. The second-order valence-corrected chi connectivity index (χ2v) is 4.13. The maximum atomic E-state index is 11.5. The Hall–Kier alpha value is -1.38. The van der Waals surface area contributed by atoms with Gasteiger partial charge in [-0.15, -0.1) is 0 Å². The van der Waals surface area contributed by atoms with Gasteiger partial charge in [0, 0.05) is 18.2 Å². The van der Waals surface area contributed by atoms with Crippen LogP contribution in [0.4, 0.5) is 0 Å². The molecule has 80 valence electrons. The van der Waals surface area contributed by atoms with Gasteiger partial charge in [-0.1, -0.05) is 11.6 Å². The van der Waals surface area contributed by atoms with Crippen LogP contribution in [-0.2, 0) is 9.59 Å². The van der Waals surface area contributed by atoms with E-state index in [1.807, 2.05) is 0 Å². The minimum Gasteiger partial charge on any atom is -0.275 e. The van der Waals surface area contributed by atoms with Crippen molar-refractivity contribution in [2.45, 2.75) is 32.6 Å². The summed E-state index contributed by atoms with van der Waals surface area (Å²) in [5.74, 6) is -0.283. The highest BCUT2D eigenvalue weighted by atomic mass is 16.2. The zero-order valence-electron chi connectivity index (χ0n) is 8.95. The van der Waals surface area contributed by atoms with Crippen molar-refractivity contribution in [2.75, 3.05) is 6.54 Å². The van der Waals surface area contributed by atoms with Gasteiger partial charge in [0.1, 0.15) is 0 Å². The summed E-state index contributed by atoms with van der Waals surface area (Å²) in [4.78, 5) is 24.3. The number of imide groups is 1. The van der Waals surface area contributed by atoms with Gasteiger partial charge in [-0.3, -0.25) is 14.5 Å². The lowest BCUT2D eigenvalue weighted by atomic mass is 10.1. The lowest BCUT2D eigenvalue weighted by Gasteiger charge is -2.14. The molecule has 2 rings (SSSR count). The number of rotatable bonds is 3. The molecule has 2 aliphatic rings. The Balaban J connectivity index is 1.90. The molecule has 0 aromatic carbocycles. The number of hydrogen-bond acceptors (Lipinski definition) is 2. The molecule has 2 amide bonds. The Labute approximate surface area is 89.4 Å². The molecule has 3 nitrogen and oxygen atoms in total. The Bertz CT molecular complexity index is 366. The maximum absolute atomic E-state index is 11.5. The van der Waals surface area contributed by atoms with Gasteiger partial charge in [-0.25, -0.2) is 0 Å². The average Bonchev–Trinajstić information content (AvgIpc) is 2.76. The number of nitrogens with zero attached hydrogens (tertiary/aromatic N) is 1. The minimum atomic E-state index is -0.156. The van der Waals surface area contributed by atoms with Crippen LogP contribution in [0, 0.1) is 0 Å². The van der Waals surface area contributed by atoms with E-state index in [0.29, 0.717) is 12.1 Å². The summed E-state index contributed by atoms with van der Waals surface area (Å²) < 4.78 is 0. The second-order valence-electron chi connectivity index (χ2n) is 4.13. The number of allylic oxidation sites excluding steroid dienone is 1. The zero-order valence-corrected chi connectivity index (χ0v) is 8.95. The fraction of sp³-hybridized carbons (Fsp3) is 0.500. The van der Waals surface area contributed by atoms with E-state index < -0.39 is 0 Å². The summed E-state index contributed by atoms with van der Waals surface area (Å²) in [6.07, 6.45) is 7.99. The number of hydrogen-bond donors (Lipinski definition) is 0. The topological polar surface area (TPSA) is 37.4 Å². The summed E-state index contributed by atoms with van der Waals surface area (Å²) in [6.45, 7) is 2.23. The van der Waals surface area contributed by atoms with Gasteiger partial charge in [0.15, 0.2) is 0 Å². The SMILES string of the molecule is CC1=CC(=O)N(CCC2=CCCC2)C1=O. The lowest BCUT2D eigenvalue weighted by molar-refractivity contribution is -0.137. The summed E-state index contributed by atoms with van der Waals surface area (Å²) in [7, 11) is 0. The van der Waals surface area contributed by atoms with E-state index in [-0.39, 0.29) is 11.8 Å². The van der Waals surface area contributed by atoms with Crippen LogP contribution >= 0.6 is 0 Å². The smallest absolute Gasteiger partial charge is 0.256 e. The molecule has 0 saturated carbocycles. The summed E-state index contributed by atoms with van der Waals surface area (Å²) >= 11 is 0. The molecule has 0 fully saturated rings. The molecule has 1 aliphatic carbocycles. The van der Waals surface area contributed by atoms with E-state index in [1.165, 1.54) is 23.0 Å². The predicted molar refractivity (Wildman–Crippen MR) is 57.0 cm³/mol. The van der Waals surface area contributed by atoms with Crippen LogP contribution in [0.2, 0.25) is 0 Å². The Morgan fingerprint density at radius 2 is 2.20 bits per heavy atom. The van der Waals surface area contributed by atoms with E-state index >= 15 is 0 Å². The molecule has 0 aromatic heterocycles. The van der Waals surface area contributed by atoms with Crippen molar-refractivity contribution in [3.05, 3.63) is 23.3 Å². The van der Waals surface area contributed by atoms with Gasteiger partial charge in [0.2, 0.25) is 0 Å². The van der Waals surface area contributed by atoms with Gasteiger partial charge in [0.05, 0.1) is 0 Å². The third kappa shape index (κ3) is 2.01. The fourth-order valence-electron chi connectivity index (χ4n) is 2.07. The van der Waals surface area contributed by atoms with Gasteiger partial charge < -0.3 is 0 Å². The van der Waals surface area contributed by atoms with E-state index in [4.69, 9.17) is 0 Å². The molecule has 0 aromatic rings. The van der Waals surface area contributed by atoms with Crippen LogP contribution in [0.1, 0.15) is 32.6 Å². The first-order valence-corrected chi connectivity index (χ1v) is 5.40. The molecular weight excluding hydrogens is 190 g/mol. The first-order valence-electron chi connectivity index (χ1n) is 5.40. The van der Waals surface area contributed by atoms with Crippen molar-refractivity contribution in [3.8, 4) is 0 Å². The van der Waals surface area contributed by atoms with Crippen molar-refractivity contribution in [1.82, 2.24) is 4.90 Å². The predicted octanol–water partition coefficient (Wildman–Crippen LogP) is 1.80. The van der Waals surface area contributed by atoms with Gasteiger partial charge in [0.25, 0.3) is 11.8 Å². The van der Waals surface area contributed by atoms with Crippen molar-refractivity contribution in [1.29, 1.82) is 0 Å². The van der Waals surface area contributed by atoms with Crippen molar-refractivity contribution in [3.63, 3.8) is 0 Å². The molecule has 1 heterocycles. The standard InChI is InChI=1S/C12H15NO2/c1-9-8-11(14)13(12(9)15)7-6-10-4-2-3-5-10/h4,8H,2-3,5-7H2,1H3. The highest BCUT2D eigenvalue weighted by molar-refractivity contribution is 6.15. The van der Waals surface area contributed by atoms with Crippen LogP contribution in [-0.4, -0.2) is 23.3 Å². The highest BCUT2D eigenvalue weighted by Gasteiger charge is 2.27. The van der Waals surface area contributed by atoms with Crippen LogP contribution in [0.5, 0.6) is 0 Å². The third-order valence-electron chi connectivity index (χ3n) is 2.98. The molecule has 0 spiro atoms. The van der Waals surface area contributed by atoms with Crippen molar-refractivity contribution in [2.24, 2.45) is 0 Å². The van der Waals surface area contributed by atoms with Crippen molar-refractivity contribution >= 4 is 11.8 Å². The van der Waals surface area contributed by atoms with Gasteiger partial charge in [-0.2, -0.15) is 0 Å². The molecule has 0 unspecified atom stereocenters. The largest absolute Gasteiger partial charge is 0.275 e. The maximum Gasteiger partial charge on any atom is 0.256 e. The monoisotopic (exact) mass is 205 g/mol. The summed E-state index contributed by atoms with van der Waals surface area (Å²) in [5, 5.41) is 0. The lowest BCUT2D eigenvalue weighted by Crippen LogP contribution is -2.31. The van der Waals surface area contributed by atoms with Crippen molar-refractivity contribution < 1.29 is 9.59 Å².